The van der Waals surface area contributed by atoms with E-state index in [0.29, 0.717) is 23.0 Å². The number of nitrogens with one attached hydrogen (secondary N) is 2. The third-order valence-electron chi connectivity index (χ3n) is 5.32. The van der Waals surface area contributed by atoms with Crippen molar-refractivity contribution in [3.05, 3.63) is 118 Å². The van der Waals surface area contributed by atoms with Crippen LogP contribution in [0.1, 0.15) is 22.7 Å². The van der Waals surface area contributed by atoms with Gasteiger partial charge in [-0.15, -0.1) is 0 Å². The summed E-state index contributed by atoms with van der Waals surface area (Å²) >= 11 is 0. The van der Waals surface area contributed by atoms with Gasteiger partial charge in [0.2, 0.25) is 11.9 Å². The Kier molecular flexibility index (Phi) is 5.61. The molecule has 0 bridgehead atoms. The van der Waals surface area contributed by atoms with Crippen LogP contribution in [0.25, 0.3) is 17.4 Å². The average Bonchev–Trinajstić information content (AvgIpc) is 3.50. The van der Waals surface area contributed by atoms with E-state index in [4.69, 9.17) is 4.42 Å². The topological polar surface area (TPSA) is 106 Å². The number of carbonyl (C=O) groups excluding carboxylic acids is 1. The molecule has 0 aliphatic rings. The molecule has 0 saturated carbocycles. The fraction of sp³-hybridized carbons (Fsp3) is 0.0769. The molecule has 0 saturated heterocycles. The summed E-state index contributed by atoms with van der Waals surface area (Å²) in [5.41, 5.74) is 2.40. The highest BCUT2D eigenvalue weighted by Crippen LogP contribution is 2.28. The minimum absolute atomic E-state index is 0.189. The third-order valence-corrected chi connectivity index (χ3v) is 5.32. The lowest BCUT2D eigenvalue weighted by Crippen LogP contribution is -2.24. The van der Waals surface area contributed by atoms with Crippen LogP contribution in [0.4, 0.5) is 5.82 Å². The number of aryl methyl sites for hydroxylation is 1. The number of amides is 1. The van der Waals surface area contributed by atoms with Gasteiger partial charge in [0, 0.05) is 17.8 Å². The van der Waals surface area contributed by atoms with E-state index in [1.54, 1.807) is 31.4 Å². The Hall–Kier alpha value is -4.72. The summed E-state index contributed by atoms with van der Waals surface area (Å²) in [6, 6.07) is 25.7. The molecule has 0 aliphatic heterocycles. The van der Waals surface area contributed by atoms with Gasteiger partial charge in [0.05, 0.1) is 12.2 Å². The normalized spacial score (nSPS) is 11.0. The molecule has 1 amide bonds. The molecule has 0 fully saturated rings. The van der Waals surface area contributed by atoms with Crippen molar-refractivity contribution in [3.8, 4) is 17.4 Å². The number of furan rings is 1. The second kappa shape index (κ2) is 9.03. The Morgan fingerprint density at radius 3 is 2.24 bits per heavy atom. The number of H-pyrrole nitrogens is 1. The lowest BCUT2D eigenvalue weighted by Gasteiger charge is -2.18. The molecule has 0 aliphatic carbocycles. The van der Waals surface area contributed by atoms with Crippen molar-refractivity contribution in [2.45, 2.75) is 12.8 Å². The minimum Gasteiger partial charge on any atom is -0.463 e. The van der Waals surface area contributed by atoms with Crippen molar-refractivity contribution in [1.29, 1.82) is 0 Å². The largest absolute Gasteiger partial charge is 0.463 e. The molecule has 168 valence electrons. The summed E-state index contributed by atoms with van der Waals surface area (Å²) in [5.74, 6) is 0.255. The van der Waals surface area contributed by atoms with Crippen LogP contribution in [0.2, 0.25) is 0 Å². The maximum absolute atomic E-state index is 13.7. The SMILES string of the molecule is Cc1cc(=O)[nH]c(-n2nc(-c3ccco3)cc2NC(=O)C(c2ccccc2)c2ccccc2)n1. The summed E-state index contributed by atoms with van der Waals surface area (Å²) < 4.78 is 6.88. The molecule has 5 aromatic rings. The van der Waals surface area contributed by atoms with E-state index >= 15 is 0 Å². The Morgan fingerprint density at radius 1 is 0.971 bits per heavy atom. The minimum atomic E-state index is -0.553. The monoisotopic (exact) mass is 451 g/mol. The Bertz CT molecular complexity index is 1430. The number of carbonyl (C=O) groups is 1. The zero-order valence-electron chi connectivity index (χ0n) is 18.3. The molecule has 0 spiro atoms. The van der Waals surface area contributed by atoms with E-state index in [-0.39, 0.29) is 17.4 Å². The van der Waals surface area contributed by atoms with Gasteiger partial charge in [0.1, 0.15) is 11.5 Å². The molecule has 0 radical (unpaired) electrons. The molecule has 8 nitrogen and oxygen atoms in total. The van der Waals surface area contributed by atoms with Crippen LogP contribution in [0.5, 0.6) is 0 Å². The van der Waals surface area contributed by atoms with E-state index < -0.39 is 5.92 Å². The molecule has 3 heterocycles. The zero-order valence-corrected chi connectivity index (χ0v) is 18.3. The Balaban J connectivity index is 1.58. The number of hydrogen-bond acceptors (Lipinski definition) is 5. The highest BCUT2D eigenvalue weighted by Gasteiger charge is 2.25. The highest BCUT2D eigenvalue weighted by atomic mass is 16.3. The van der Waals surface area contributed by atoms with Gasteiger partial charge in [-0.25, -0.2) is 4.98 Å². The van der Waals surface area contributed by atoms with Gasteiger partial charge >= 0.3 is 0 Å². The molecule has 0 unspecified atom stereocenters. The molecule has 3 aromatic heterocycles. The van der Waals surface area contributed by atoms with Gasteiger partial charge in [-0.05, 0) is 30.2 Å². The molecule has 2 aromatic carbocycles. The second-order valence-corrected chi connectivity index (χ2v) is 7.76. The van der Waals surface area contributed by atoms with E-state index in [1.165, 1.54) is 10.7 Å². The Morgan fingerprint density at radius 2 is 1.65 bits per heavy atom. The van der Waals surface area contributed by atoms with Crippen LogP contribution in [0, 0.1) is 6.92 Å². The number of nitrogens with zero attached hydrogens (tertiary/aromatic N) is 3. The zero-order chi connectivity index (χ0) is 23.5. The fourth-order valence-corrected chi connectivity index (χ4v) is 3.82. The number of rotatable bonds is 6. The van der Waals surface area contributed by atoms with Crippen LogP contribution < -0.4 is 10.9 Å². The van der Waals surface area contributed by atoms with Gasteiger partial charge < -0.3 is 9.73 Å². The third kappa shape index (κ3) is 4.29. The first-order valence-corrected chi connectivity index (χ1v) is 10.7. The predicted octanol–water partition coefficient (Wildman–Crippen LogP) is 4.29. The summed E-state index contributed by atoms with van der Waals surface area (Å²) in [6.07, 6.45) is 1.54. The lowest BCUT2D eigenvalue weighted by molar-refractivity contribution is -0.116. The summed E-state index contributed by atoms with van der Waals surface area (Å²) in [4.78, 5) is 32.8. The summed E-state index contributed by atoms with van der Waals surface area (Å²) in [6.45, 7) is 1.72. The van der Waals surface area contributed by atoms with Gasteiger partial charge in [-0.3, -0.25) is 14.6 Å². The van der Waals surface area contributed by atoms with E-state index in [1.807, 2.05) is 60.7 Å². The van der Waals surface area contributed by atoms with Crippen molar-refractivity contribution >= 4 is 11.7 Å². The highest BCUT2D eigenvalue weighted by molar-refractivity contribution is 5.98. The van der Waals surface area contributed by atoms with Crippen molar-refractivity contribution in [1.82, 2.24) is 19.7 Å². The number of anilines is 1. The van der Waals surface area contributed by atoms with E-state index in [9.17, 15) is 9.59 Å². The number of hydrogen-bond donors (Lipinski definition) is 2. The van der Waals surface area contributed by atoms with Crippen molar-refractivity contribution in [2.75, 3.05) is 5.32 Å². The maximum Gasteiger partial charge on any atom is 0.252 e. The van der Waals surface area contributed by atoms with Gasteiger partial charge in [-0.1, -0.05) is 60.7 Å². The summed E-state index contributed by atoms with van der Waals surface area (Å²) in [7, 11) is 0. The predicted molar refractivity (Wildman–Crippen MR) is 128 cm³/mol. The quantitative estimate of drug-likeness (QED) is 0.401. The van der Waals surface area contributed by atoms with Crippen LogP contribution in [0.3, 0.4) is 0 Å². The van der Waals surface area contributed by atoms with E-state index in [0.717, 1.165) is 11.1 Å². The fourth-order valence-electron chi connectivity index (χ4n) is 3.82. The molecular formula is C26H21N5O3. The van der Waals surface area contributed by atoms with Crippen molar-refractivity contribution < 1.29 is 9.21 Å². The average molecular weight is 451 g/mol. The standard InChI is InChI=1S/C26H21N5O3/c1-17-15-23(32)29-26(27-17)31-22(16-20(30-31)21-13-8-14-34-21)28-25(33)24(18-9-4-2-5-10-18)19-11-6-3-7-12-19/h2-16,24H,1H3,(H,28,33)(H,27,29,32). The molecular weight excluding hydrogens is 430 g/mol. The van der Waals surface area contributed by atoms with Crippen LogP contribution in [-0.4, -0.2) is 25.7 Å². The lowest BCUT2D eigenvalue weighted by atomic mass is 9.90. The molecule has 0 atom stereocenters. The van der Waals surface area contributed by atoms with Crippen LogP contribution in [-0.2, 0) is 4.79 Å². The first-order chi connectivity index (χ1) is 16.6. The van der Waals surface area contributed by atoms with E-state index in [2.05, 4.69) is 20.4 Å². The molecule has 5 rings (SSSR count). The van der Waals surface area contributed by atoms with Crippen LogP contribution in [0.15, 0.2) is 100 Å². The van der Waals surface area contributed by atoms with Gasteiger partial charge in [0.15, 0.2) is 5.76 Å². The summed E-state index contributed by atoms with van der Waals surface area (Å²) in [5, 5.41) is 7.52. The van der Waals surface area contributed by atoms with Crippen molar-refractivity contribution in [3.63, 3.8) is 0 Å². The molecule has 2 N–H and O–H groups in total. The van der Waals surface area contributed by atoms with Crippen LogP contribution >= 0.6 is 0 Å². The van der Waals surface area contributed by atoms with Gasteiger partial charge in [0.25, 0.3) is 5.56 Å². The smallest absolute Gasteiger partial charge is 0.252 e. The Labute approximate surface area is 194 Å². The molecule has 8 heteroatoms. The number of aromatic nitrogens is 4. The number of aromatic amines is 1. The molecule has 34 heavy (non-hydrogen) atoms. The van der Waals surface area contributed by atoms with Gasteiger partial charge in [-0.2, -0.15) is 9.78 Å². The first kappa shape index (κ1) is 21.1. The maximum atomic E-state index is 13.7. The van der Waals surface area contributed by atoms with Crippen molar-refractivity contribution in [2.24, 2.45) is 0 Å². The first-order valence-electron chi connectivity index (χ1n) is 10.7. The second-order valence-electron chi connectivity index (χ2n) is 7.76. The number of benzene rings is 2.